The van der Waals surface area contributed by atoms with E-state index in [-0.39, 0.29) is 25.3 Å². The number of nitrogens with zero attached hydrogens (tertiary/aromatic N) is 3. The minimum atomic E-state index is -5.14. The number of nitriles is 1. The average molecular weight is 450 g/mol. The third-order valence-electron chi connectivity index (χ3n) is 6.04. The van der Waals surface area contributed by atoms with Crippen LogP contribution >= 0.6 is 0 Å². The number of rotatable bonds is 3. The number of anilines is 1. The van der Waals surface area contributed by atoms with Crippen molar-refractivity contribution >= 4 is 23.4 Å². The van der Waals surface area contributed by atoms with Crippen LogP contribution in [0, 0.1) is 16.7 Å². The monoisotopic (exact) mass is 450 g/mol. The molecule has 0 bridgehead atoms. The van der Waals surface area contributed by atoms with Crippen LogP contribution in [0.2, 0.25) is 0 Å². The van der Waals surface area contributed by atoms with E-state index >= 15 is 0 Å². The van der Waals surface area contributed by atoms with Gasteiger partial charge < -0.3 is 15.1 Å². The SMILES string of the molecule is CN(C(=O)C(F)(F)F)[C@@H](CC(C)(C)C)C(=O)N1C[C@]2(C[C@H]1C#N)C(=O)Nc1ccccc12. The number of likely N-dealkylation sites (N-methyl/N-ethyl adjacent to an activating group) is 1. The zero-order valence-corrected chi connectivity index (χ0v) is 18.3. The second kappa shape index (κ2) is 7.80. The van der Waals surface area contributed by atoms with Crippen molar-refractivity contribution in [2.45, 2.75) is 57.3 Å². The van der Waals surface area contributed by atoms with Gasteiger partial charge in [-0.3, -0.25) is 14.4 Å². The number of fused-ring (bicyclic) bond motifs is 2. The molecule has 2 heterocycles. The van der Waals surface area contributed by atoms with Gasteiger partial charge in [0.1, 0.15) is 12.1 Å². The summed E-state index contributed by atoms with van der Waals surface area (Å²) < 4.78 is 39.3. The Morgan fingerprint density at radius 1 is 1.31 bits per heavy atom. The van der Waals surface area contributed by atoms with Gasteiger partial charge in [0.05, 0.1) is 11.5 Å². The molecule has 3 rings (SSSR count). The van der Waals surface area contributed by atoms with Gasteiger partial charge in [0.2, 0.25) is 11.8 Å². The van der Waals surface area contributed by atoms with Crippen molar-refractivity contribution in [2.24, 2.45) is 5.41 Å². The first kappa shape index (κ1) is 23.6. The summed E-state index contributed by atoms with van der Waals surface area (Å²) in [6.07, 6.45) is -5.16. The van der Waals surface area contributed by atoms with Crippen LogP contribution in [0.4, 0.5) is 18.9 Å². The summed E-state index contributed by atoms with van der Waals surface area (Å²) in [6, 6.07) is 6.50. The van der Waals surface area contributed by atoms with Crippen molar-refractivity contribution in [2.75, 3.05) is 18.9 Å². The van der Waals surface area contributed by atoms with Gasteiger partial charge in [-0.05, 0) is 23.5 Å². The Morgan fingerprint density at radius 2 is 1.94 bits per heavy atom. The first-order valence-corrected chi connectivity index (χ1v) is 10.2. The van der Waals surface area contributed by atoms with Crippen LogP contribution in [0.3, 0.4) is 0 Å². The number of likely N-dealkylation sites (tertiary alicyclic amines) is 1. The van der Waals surface area contributed by atoms with Gasteiger partial charge in [-0.15, -0.1) is 0 Å². The van der Waals surface area contributed by atoms with Gasteiger partial charge >= 0.3 is 12.1 Å². The van der Waals surface area contributed by atoms with Crippen LogP contribution in [-0.4, -0.2) is 59.4 Å². The minimum absolute atomic E-state index is 0.0251. The summed E-state index contributed by atoms with van der Waals surface area (Å²) in [4.78, 5) is 39.9. The smallest absolute Gasteiger partial charge is 0.326 e. The van der Waals surface area contributed by atoms with E-state index in [1.165, 1.54) is 0 Å². The highest BCUT2D eigenvalue weighted by molar-refractivity contribution is 6.07. The number of amides is 3. The fourth-order valence-corrected chi connectivity index (χ4v) is 4.49. The molecule has 172 valence electrons. The van der Waals surface area contributed by atoms with Gasteiger partial charge in [0, 0.05) is 25.7 Å². The van der Waals surface area contributed by atoms with Crippen molar-refractivity contribution in [3.05, 3.63) is 29.8 Å². The number of nitrogens with one attached hydrogen (secondary N) is 1. The Balaban J connectivity index is 1.98. The molecule has 3 amide bonds. The number of carbonyl (C=O) groups is 3. The van der Waals surface area contributed by atoms with E-state index in [1.54, 1.807) is 45.0 Å². The molecule has 1 aromatic carbocycles. The largest absolute Gasteiger partial charge is 0.471 e. The van der Waals surface area contributed by atoms with Crippen molar-refractivity contribution in [1.29, 1.82) is 5.26 Å². The van der Waals surface area contributed by atoms with Gasteiger partial charge in [-0.2, -0.15) is 18.4 Å². The average Bonchev–Trinajstić information content (AvgIpc) is 3.22. The maximum absolute atomic E-state index is 13.5. The number of hydrogen-bond acceptors (Lipinski definition) is 4. The summed E-state index contributed by atoms with van der Waals surface area (Å²) in [5.41, 5.74) is -0.519. The highest BCUT2D eigenvalue weighted by Crippen LogP contribution is 2.46. The molecular weight excluding hydrogens is 425 g/mol. The quantitative estimate of drug-likeness (QED) is 0.766. The molecule has 32 heavy (non-hydrogen) atoms. The summed E-state index contributed by atoms with van der Waals surface area (Å²) >= 11 is 0. The number of benzene rings is 1. The first-order valence-electron chi connectivity index (χ1n) is 10.2. The summed E-state index contributed by atoms with van der Waals surface area (Å²) in [5.74, 6) is -3.27. The number of halogens is 3. The third kappa shape index (κ3) is 4.04. The molecule has 3 atom stereocenters. The topological polar surface area (TPSA) is 93.5 Å². The molecule has 1 saturated heterocycles. The molecule has 0 unspecified atom stereocenters. The molecule has 7 nitrogen and oxygen atoms in total. The van der Waals surface area contributed by atoms with Crippen molar-refractivity contribution < 1.29 is 27.6 Å². The Bertz CT molecular complexity index is 995. The lowest BCUT2D eigenvalue weighted by atomic mass is 9.80. The third-order valence-corrected chi connectivity index (χ3v) is 6.04. The van der Waals surface area contributed by atoms with Gasteiger partial charge in [-0.25, -0.2) is 0 Å². The fraction of sp³-hybridized carbons (Fsp3) is 0.545. The summed E-state index contributed by atoms with van der Waals surface area (Å²) in [7, 11) is 0.939. The highest BCUT2D eigenvalue weighted by atomic mass is 19.4. The van der Waals surface area contributed by atoms with E-state index in [2.05, 4.69) is 5.32 Å². The lowest BCUT2D eigenvalue weighted by Crippen LogP contribution is -2.55. The molecule has 0 radical (unpaired) electrons. The van der Waals surface area contributed by atoms with Gasteiger partial charge in [0.15, 0.2) is 0 Å². The minimum Gasteiger partial charge on any atom is -0.326 e. The van der Waals surface area contributed by atoms with E-state index in [1.807, 2.05) is 6.07 Å². The predicted molar refractivity (Wildman–Crippen MR) is 109 cm³/mol. The van der Waals surface area contributed by atoms with Crippen LogP contribution in [0.5, 0.6) is 0 Å². The molecule has 2 aliphatic heterocycles. The molecule has 1 fully saturated rings. The van der Waals surface area contributed by atoms with E-state index in [4.69, 9.17) is 0 Å². The molecule has 10 heteroatoms. The van der Waals surface area contributed by atoms with E-state index in [9.17, 15) is 32.8 Å². The van der Waals surface area contributed by atoms with E-state index in [0.29, 0.717) is 16.2 Å². The van der Waals surface area contributed by atoms with Gasteiger partial charge in [-0.1, -0.05) is 39.0 Å². The van der Waals surface area contributed by atoms with Crippen LogP contribution in [-0.2, 0) is 19.8 Å². The Hall–Kier alpha value is -3.09. The molecule has 0 aliphatic carbocycles. The molecule has 1 aromatic rings. The zero-order chi connectivity index (χ0) is 24.1. The number of alkyl halides is 3. The maximum Gasteiger partial charge on any atom is 0.471 e. The molecule has 0 aromatic heterocycles. The van der Waals surface area contributed by atoms with Crippen molar-refractivity contribution in [1.82, 2.24) is 9.80 Å². The van der Waals surface area contributed by atoms with Gasteiger partial charge in [0.25, 0.3) is 0 Å². The van der Waals surface area contributed by atoms with Crippen LogP contribution in [0.1, 0.15) is 39.2 Å². The summed E-state index contributed by atoms with van der Waals surface area (Å²) in [5, 5.41) is 12.5. The Kier molecular flexibility index (Phi) is 5.74. The molecule has 1 spiro atoms. The van der Waals surface area contributed by atoms with E-state index < -0.39 is 40.9 Å². The second-order valence-electron chi connectivity index (χ2n) is 9.59. The predicted octanol–water partition coefficient (Wildman–Crippen LogP) is 2.83. The lowest BCUT2D eigenvalue weighted by Gasteiger charge is -2.36. The highest BCUT2D eigenvalue weighted by Gasteiger charge is 2.57. The Morgan fingerprint density at radius 3 is 2.50 bits per heavy atom. The van der Waals surface area contributed by atoms with Crippen LogP contribution in [0.25, 0.3) is 0 Å². The molecule has 0 saturated carbocycles. The van der Waals surface area contributed by atoms with Crippen LogP contribution < -0.4 is 5.32 Å². The van der Waals surface area contributed by atoms with Crippen molar-refractivity contribution in [3.8, 4) is 6.07 Å². The zero-order valence-electron chi connectivity index (χ0n) is 18.3. The normalized spacial score (nSPS) is 23.5. The summed E-state index contributed by atoms with van der Waals surface area (Å²) in [6.45, 7) is 5.08. The standard InChI is InChI=1S/C22H25F3N4O3/c1-20(2,3)10-16(28(4)19(32)22(23,24)25)17(30)29-12-21(9-13(29)11-26)14-7-5-6-8-15(14)27-18(21)31/h5-8,13,16H,9-10,12H2,1-4H3,(H,27,31)/t13-,16-,21-/m0/s1. The lowest BCUT2D eigenvalue weighted by molar-refractivity contribution is -0.188. The maximum atomic E-state index is 13.5. The molecule has 1 N–H and O–H groups in total. The van der Waals surface area contributed by atoms with E-state index in [0.717, 1.165) is 11.9 Å². The molecule has 2 aliphatic rings. The second-order valence-corrected chi connectivity index (χ2v) is 9.59. The van der Waals surface area contributed by atoms with Crippen molar-refractivity contribution in [3.63, 3.8) is 0 Å². The fourth-order valence-electron chi connectivity index (χ4n) is 4.49. The first-order chi connectivity index (χ1) is 14.7. The number of carbonyl (C=O) groups excluding carboxylic acids is 3. The molecular formula is C22H25F3N4O3. The number of hydrogen-bond donors (Lipinski definition) is 1. The van der Waals surface area contributed by atoms with Crippen LogP contribution in [0.15, 0.2) is 24.3 Å². The Labute approximate surface area is 184 Å². The number of para-hydroxylation sites is 1.